The Bertz CT molecular complexity index is 838. The summed E-state index contributed by atoms with van der Waals surface area (Å²) >= 11 is 9.48. The number of amidine groups is 1. The molecule has 0 unspecified atom stereocenters. The summed E-state index contributed by atoms with van der Waals surface area (Å²) in [5.74, 6) is 0.901. The molecule has 0 atom stereocenters. The van der Waals surface area contributed by atoms with Gasteiger partial charge in [0.15, 0.2) is 0 Å². The summed E-state index contributed by atoms with van der Waals surface area (Å²) < 4.78 is 1.05. The van der Waals surface area contributed by atoms with Crippen LogP contribution in [0.3, 0.4) is 0 Å². The van der Waals surface area contributed by atoms with Crippen LogP contribution in [-0.2, 0) is 0 Å². The van der Waals surface area contributed by atoms with Crippen molar-refractivity contribution in [3.05, 3.63) is 93.4 Å². The number of hydrogen-bond acceptors (Lipinski definition) is 0. The van der Waals surface area contributed by atoms with Gasteiger partial charge in [-0.05, 0) is 67.6 Å². The zero-order chi connectivity index (χ0) is 16.9. The third-order valence-electron chi connectivity index (χ3n) is 3.57. The van der Waals surface area contributed by atoms with Gasteiger partial charge in [0.25, 0.3) is 5.84 Å². The van der Waals surface area contributed by atoms with Crippen molar-refractivity contribution in [2.24, 2.45) is 0 Å². The lowest BCUT2D eigenvalue weighted by Gasteiger charge is -2.05. The third-order valence-corrected chi connectivity index (χ3v) is 4.35. The fourth-order valence-electron chi connectivity index (χ4n) is 2.25. The van der Waals surface area contributed by atoms with E-state index in [2.05, 4.69) is 57.4 Å². The first-order valence-corrected chi connectivity index (χ1v) is 8.76. The Labute approximate surface area is 155 Å². The Morgan fingerprint density at radius 1 is 0.875 bits per heavy atom. The summed E-state index contributed by atoms with van der Waals surface area (Å²) in [7, 11) is 0. The monoisotopic (exact) mass is 399 g/mol. The van der Waals surface area contributed by atoms with Gasteiger partial charge in [0.1, 0.15) is 11.4 Å². The van der Waals surface area contributed by atoms with Crippen LogP contribution in [-0.4, -0.2) is 5.84 Å². The van der Waals surface area contributed by atoms with Crippen LogP contribution >= 0.6 is 27.5 Å². The largest absolute Gasteiger partial charge is 0.285 e. The molecule has 0 aromatic heterocycles. The highest BCUT2D eigenvalue weighted by molar-refractivity contribution is 9.10. The van der Waals surface area contributed by atoms with Crippen molar-refractivity contribution < 1.29 is 4.99 Å². The quantitative estimate of drug-likeness (QED) is 0.484. The minimum Gasteiger partial charge on any atom is -0.240 e. The van der Waals surface area contributed by atoms with Crippen molar-refractivity contribution in [2.45, 2.75) is 6.92 Å². The molecule has 2 N–H and O–H groups in total. The van der Waals surface area contributed by atoms with Crippen LogP contribution in [0.2, 0.25) is 5.02 Å². The number of benzene rings is 3. The number of halogens is 2. The molecule has 0 amide bonds. The maximum Gasteiger partial charge on any atom is 0.285 e. The summed E-state index contributed by atoms with van der Waals surface area (Å²) in [6.07, 6.45) is 0. The van der Waals surface area contributed by atoms with Gasteiger partial charge in [-0.25, -0.2) is 10.3 Å². The first kappa shape index (κ1) is 16.7. The van der Waals surface area contributed by atoms with Gasteiger partial charge in [-0.3, -0.25) is 0 Å². The molecule has 3 aromatic carbocycles. The van der Waals surface area contributed by atoms with Crippen LogP contribution in [0.5, 0.6) is 0 Å². The standard InChI is InChI=1S/C20H16BrClN2/c1-14-2-10-18(11-3-14)23-20(15-4-8-17(22)9-5-15)24-19-12-6-16(21)7-13-19/h2-13H,1H3,(H,23,24)/p+1. The molecule has 120 valence electrons. The second-order valence-electron chi connectivity index (χ2n) is 5.50. The van der Waals surface area contributed by atoms with E-state index in [0.717, 1.165) is 32.3 Å². The Balaban J connectivity index is 1.97. The van der Waals surface area contributed by atoms with E-state index < -0.39 is 0 Å². The molecular weight excluding hydrogens is 384 g/mol. The molecular formula is C20H17BrClN2+. The smallest absolute Gasteiger partial charge is 0.240 e. The van der Waals surface area contributed by atoms with Crippen molar-refractivity contribution in [1.29, 1.82) is 0 Å². The van der Waals surface area contributed by atoms with Gasteiger partial charge in [-0.15, -0.1) is 0 Å². The second-order valence-corrected chi connectivity index (χ2v) is 6.86. The van der Waals surface area contributed by atoms with Crippen molar-refractivity contribution in [3.63, 3.8) is 0 Å². The van der Waals surface area contributed by atoms with Crippen LogP contribution < -0.4 is 10.3 Å². The minimum atomic E-state index is 0.720. The maximum atomic E-state index is 6.02. The topological polar surface area (TPSA) is 26.0 Å². The molecule has 3 aromatic rings. The summed E-state index contributed by atoms with van der Waals surface area (Å²) in [4.78, 5) is 3.46. The molecule has 0 saturated carbocycles. The zero-order valence-electron chi connectivity index (χ0n) is 13.2. The normalized spacial score (nSPS) is 11.4. The lowest BCUT2D eigenvalue weighted by Crippen LogP contribution is -2.68. The van der Waals surface area contributed by atoms with Gasteiger partial charge < -0.3 is 0 Å². The number of anilines is 1. The minimum absolute atomic E-state index is 0.720. The molecule has 3 rings (SSSR count). The maximum absolute atomic E-state index is 6.02. The van der Waals surface area contributed by atoms with Crippen LogP contribution in [0.15, 0.2) is 77.3 Å². The molecule has 0 spiro atoms. The van der Waals surface area contributed by atoms with E-state index in [1.807, 2.05) is 48.5 Å². The fraction of sp³-hybridized carbons (Fsp3) is 0.0500. The van der Waals surface area contributed by atoms with Gasteiger partial charge in [-0.1, -0.05) is 45.2 Å². The highest BCUT2D eigenvalue weighted by Crippen LogP contribution is 2.16. The van der Waals surface area contributed by atoms with Gasteiger partial charge in [0, 0.05) is 9.50 Å². The Kier molecular flexibility index (Phi) is 5.34. The zero-order valence-corrected chi connectivity index (χ0v) is 15.5. The number of nitrogens with one attached hydrogen (secondary N) is 2. The van der Waals surface area contributed by atoms with Crippen LogP contribution in [0.1, 0.15) is 11.1 Å². The van der Waals surface area contributed by atoms with E-state index >= 15 is 0 Å². The van der Waals surface area contributed by atoms with Crippen molar-refractivity contribution in [3.8, 4) is 0 Å². The molecule has 24 heavy (non-hydrogen) atoms. The summed E-state index contributed by atoms with van der Waals surface area (Å²) in [6, 6.07) is 24.1. The number of hydrogen-bond donors (Lipinski definition) is 2. The fourth-order valence-corrected chi connectivity index (χ4v) is 2.64. The first-order valence-electron chi connectivity index (χ1n) is 7.59. The lowest BCUT2D eigenvalue weighted by atomic mass is 10.2. The number of aryl methyl sites for hydroxylation is 1. The molecule has 2 nitrogen and oxygen atoms in total. The van der Waals surface area contributed by atoms with Crippen LogP contribution in [0, 0.1) is 6.92 Å². The van der Waals surface area contributed by atoms with Crippen LogP contribution in [0.25, 0.3) is 0 Å². The Hall–Kier alpha value is -2.10. The molecule has 0 saturated heterocycles. The predicted molar refractivity (Wildman–Crippen MR) is 105 cm³/mol. The molecule has 4 heteroatoms. The highest BCUT2D eigenvalue weighted by atomic mass is 79.9. The highest BCUT2D eigenvalue weighted by Gasteiger charge is 2.12. The van der Waals surface area contributed by atoms with Gasteiger partial charge >= 0.3 is 0 Å². The lowest BCUT2D eigenvalue weighted by molar-refractivity contribution is -0.352. The van der Waals surface area contributed by atoms with Gasteiger partial charge in [-0.2, -0.15) is 0 Å². The predicted octanol–water partition coefficient (Wildman–Crippen LogP) is 4.68. The second kappa shape index (κ2) is 7.65. The van der Waals surface area contributed by atoms with E-state index in [-0.39, 0.29) is 0 Å². The summed E-state index contributed by atoms with van der Waals surface area (Å²) in [5, 5.41) is 4.17. The van der Waals surface area contributed by atoms with E-state index in [9.17, 15) is 0 Å². The summed E-state index contributed by atoms with van der Waals surface area (Å²) in [5.41, 5.74) is 4.29. The van der Waals surface area contributed by atoms with Crippen molar-refractivity contribution >= 4 is 44.7 Å². The van der Waals surface area contributed by atoms with Crippen LogP contribution in [0.4, 0.5) is 11.4 Å². The average molecular weight is 401 g/mol. The van der Waals surface area contributed by atoms with E-state index in [1.54, 1.807) is 0 Å². The summed E-state index contributed by atoms with van der Waals surface area (Å²) in [6.45, 7) is 2.08. The number of rotatable bonds is 3. The van der Waals surface area contributed by atoms with Gasteiger partial charge in [0.05, 0.1) is 5.56 Å². The molecule has 0 bridgehead atoms. The van der Waals surface area contributed by atoms with E-state index in [4.69, 9.17) is 11.6 Å². The molecule has 0 heterocycles. The molecule has 0 aliphatic carbocycles. The molecule has 0 radical (unpaired) electrons. The molecule has 0 aliphatic rings. The van der Waals surface area contributed by atoms with E-state index in [1.165, 1.54) is 5.56 Å². The van der Waals surface area contributed by atoms with Crippen molar-refractivity contribution in [1.82, 2.24) is 0 Å². The first-order chi connectivity index (χ1) is 11.6. The van der Waals surface area contributed by atoms with Gasteiger partial charge in [0.2, 0.25) is 0 Å². The Morgan fingerprint density at radius 2 is 1.50 bits per heavy atom. The molecule has 0 aliphatic heterocycles. The van der Waals surface area contributed by atoms with E-state index in [0.29, 0.717) is 0 Å². The molecule has 0 fully saturated rings. The third kappa shape index (κ3) is 4.47. The average Bonchev–Trinajstić information content (AvgIpc) is 2.59. The Morgan fingerprint density at radius 3 is 2.12 bits per heavy atom. The van der Waals surface area contributed by atoms with Crippen molar-refractivity contribution in [2.75, 3.05) is 5.32 Å². The SMILES string of the molecule is Cc1ccc([NH+]=C(Nc2ccc(Br)cc2)c2ccc(Cl)cc2)cc1.